The molecule has 0 radical (unpaired) electrons. The molecule has 1 N–H and O–H groups in total. The lowest BCUT2D eigenvalue weighted by atomic mass is 10.1. The second-order valence-electron chi connectivity index (χ2n) is 4.70. The number of halogens is 3. The average molecular weight is 242 g/mol. The summed E-state index contributed by atoms with van der Waals surface area (Å²) in [6.07, 6.45) is -3.22. The number of nitrogens with one attached hydrogen (secondary N) is 1. The van der Waals surface area contributed by atoms with Gasteiger partial charge in [-0.1, -0.05) is 6.07 Å². The third-order valence-corrected chi connectivity index (χ3v) is 3.56. The van der Waals surface area contributed by atoms with Gasteiger partial charge in [-0.15, -0.1) is 0 Å². The van der Waals surface area contributed by atoms with E-state index in [0.717, 1.165) is 25.6 Å². The third-order valence-electron chi connectivity index (χ3n) is 3.56. The summed E-state index contributed by atoms with van der Waals surface area (Å²) in [5, 5.41) is 3.34. The first kappa shape index (κ1) is 10.9. The second kappa shape index (κ2) is 3.63. The zero-order chi connectivity index (χ0) is 12.0. The molecule has 2 aliphatic rings. The first-order valence-corrected chi connectivity index (χ1v) is 5.71. The predicted molar refractivity (Wildman–Crippen MR) is 59.0 cm³/mol. The summed E-state index contributed by atoms with van der Waals surface area (Å²) < 4.78 is 37.8. The fourth-order valence-corrected chi connectivity index (χ4v) is 2.74. The summed E-state index contributed by atoms with van der Waals surface area (Å²) in [6.45, 7) is 1.69. The quantitative estimate of drug-likeness (QED) is 0.812. The van der Waals surface area contributed by atoms with Crippen LogP contribution in [0, 0.1) is 0 Å². The number of piperazine rings is 1. The topological polar surface area (TPSA) is 15.3 Å². The third kappa shape index (κ3) is 1.88. The first-order valence-electron chi connectivity index (χ1n) is 5.71. The van der Waals surface area contributed by atoms with Crippen LogP contribution in [-0.2, 0) is 6.18 Å². The average Bonchev–Trinajstić information content (AvgIpc) is 2.89. The normalized spacial score (nSPS) is 27.8. The van der Waals surface area contributed by atoms with Crippen molar-refractivity contribution in [3.63, 3.8) is 0 Å². The minimum Gasteiger partial charge on any atom is -0.366 e. The molecule has 0 aliphatic carbocycles. The van der Waals surface area contributed by atoms with Crippen LogP contribution in [0.5, 0.6) is 0 Å². The van der Waals surface area contributed by atoms with Crippen LogP contribution in [0.25, 0.3) is 0 Å². The van der Waals surface area contributed by atoms with E-state index in [-0.39, 0.29) is 0 Å². The van der Waals surface area contributed by atoms with Crippen molar-refractivity contribution >= 4 is 5.69 Å². The van der Waals surface area contributed by atoms with E-state index in [9.17, 15) is 13.2 Å². The molecule has 0 amide bonds. The van der Waals surface area contributed by atoms with Crippen LogP contribution in [-0.4, -0.2) is 25.2 Å². The maximum Gasteiger partial charge on any atom is 0.416 e. The van der Waals surface area contributed by atoms with Gasteiger partial charge in [0.05, 0.1) is 5.56 Å². The van der Waals surface area contributed by atoms with E-state index in [1.807, 2.05) is 0 Å². The van der Waals surface area contributed by atoms with Gasteiger partial charge in [0.1, 0.15) is 0 Å². The highest BCUT2D eigenvalue weighted by atomic mass is 19.4. The van der Waals surface area contributed by atoms with E-state index < -0.39 is 11.7 Å². The number of anilines is 1. The van der Waals surface area contributed by atoms with Crippen LogP contribution < -0.4 is 10.2 Å². The lowest BCUT2D eigenvalue weighted by Gasteiger charge is -2.30. The molecule has 0 unspecified atom stereocenters. The van der Waals surface area contributed by atoms with Gasteiger partial charge in [-0.3, -0.25) is 0 Å². The van der Waals surface area contributed by atoms with Gasteiger partial charge < -0.3 is 10.2 Å². The Morgan fingerprint density at radius 1 is 1.29 bits per heavy atom. The molecule has 3 rings (SSSR count). The maximum atomic E-state index is 12.6. The Kier molecular flexibility index (Phi) is 2.33. The van der Waals surface area contributed by atoms with Gasteiger partial charge in [-0.25, -0.2) is 0 Å². The number of alkyl halides is 3. The highest BCUT2D eigenvalue weighted by Gasteiger charge is 2.38. The standard InChI is InChI=1S/C12H13F3N2/c13-12(14,15)8-2-1-3-10(4-8)17-7-9-5-11(17)6-16-9/h1-4,9,11,16H,5-7H2/t9-,11-/m1/s1. The smallest absolute Gasteiger partial charge is 0.366 e. The van der Waals surface area contributed by atoms with E-state index in [4.69, 9.17) is 0 Å². The molecule has 2 atom stereocenters. The molecule has 2 fully saturated rings. The molecule has 2 nitrogen and oxygen atoms in total. The Hall–Kier alpha value is -1.23. The van der Waals surface area contributed by atoms with Crippen LogP contribution in [0.1, 0.15) is 12.0 Å². The lowest BCUT2D eigenvalue weighted by molar-refractivity contribution is -0.137. The maximum absolute atomic E-state index is 12.6. The predicted octanol–water partition coefficient (Wildman–Crippen LogP) is 2.26. The lowest BCUT2D eigenvalue weighted by Crippen LogP contribution is -2.43. The number of hydrogen-bond acceptors (Lipinski definition) is 2. The van der Waals surface area contributed by atoms with Gasteiger partial charge >= 0.3 is 6.18 Å². The van der Waals surface area contributed by atoms with Gasteiger partial charge in [-0.05, 0) is 24.6 Å². The Morgan fingerprint density at radius 2 is 2.12 bits per heavy atom. The first-order chi connectivity index (χ1) is 8.04. The molecule has 0 aromatic heterocycles. The number of fused-ring (bicyclic) bond motifs is 2. The summed E-state index contributed by atoms with van der Waals surface area (Å²) in [7, 11) is 0. The molecule has 92 valence electrons. The monoisotopic (exact) mass is 242 g/mol. The summed E-state index contributed by atoms with van der Waals surface area (Å²) >= 11 is 0. The molecule has 2 bridgehead atoms. The fourth-order valence-electron chi connectivity index (χ4n) is 2.74. The SMILES string of the molecule is FC(F)(F)c1cccc(N2C[C@H]3C[C@@H]2CN3)c1. The molecule has 1 aromatic carbocycles. The molecule has 0 saturated carbocycles. The van der Waals surface area contributed by atoms with E-state index in [1.165, 1.54) is 12.1 Å². The minimum absolute atomic E-state index is 0.350. The van der Waals surface area contributed by atoms with Crippen molar-refractivity contribution in [2.75, 3.05) is 18.0 Å². The van der Waals surface area contributed by atoms with Crippen molar-refractivity contribution < 1.29 is 13.2 Å². The van der Waals surface area contributed by atoms with E-state index in [2.05, 4.69) is 10.2 Å². The summed E-state index contributed by atoms with van der Waals surface area (Å²) in [4.78, 5) is 2.08. The van der Waals surface area contributed by atoms with Crippen LogP contribution in [0.3, 0.4) is 0 Å². The molecule has 5 heteroatoms. The largest absolute Gasteiger partial charge is 0.416 e. The van der Waals surface area contributed by atoms with Gasteiger partial charge in [-0.2, -0.15) is 13.2 Å². The minimum atomic E-state index is -4.26. The van der Waals surface area contributed by atoms with Crippen LogP contribution >= 0.6 is 0 Å². The highest BCUT2D eigenvalue weighted by Crippen LogP contribution is 2.34. The van der Waals surface area contributed by atoms with Gasteiger partial charge in [0, 0.05) is 30.9 Å². The van der Waals surface area contributed by atoms with Crippen molar-refractivity contribution in [3.8, 4) is 0 Å². The van der Waals surface area contributed by atoms with Crippen molar-refractivity contribution in [2.45, 2.75) is 24.7 Å². The summed E-state index contributed by atoms with van der Waals surface area (Å²) in [5.41, 5.74) is 0.125. The molecule has 17 heavy (non-hydrogen) atoms. The van der Waals surface area contributed by atoms with E-state index in [1.54, 1.807) is 6.07 Å². The zero-order valence-electron chi connectivity index (χ0n) is 9.17. The zero-order valence-corrected chi connectivity index (χ0v) is 9.17. The molecule has 0 spiro atoms. The van der Waals surface area contributed by atoms with E-state index >= 15 is 0 Å². The van der Waals surface area contributed by atoms with Crippen molar-refractivity contribution in [2.24, 2.45) is 0 Å². The van der Waals surface area contributed by atoms with Crippen LogP contribution in [0.4, 0.5) is 18.9 Å². The Morgan fingerprint density at radius 3 is 2.71 bits per heavy atom. The molecule has 2 saturated heterocycles. The Balaban J connectivity index is 1.89. The van der Waals surface area contributed by atoms with Gasteiger partial charge in [0.15, 0.2) is 0 Å². The highest BCUT2D eigenvalue weighted by molar-refractivity contribution is 5.52. The van der Waals surface area contributed by atoms with Crippen LogP contribution in [0.15, 0.2) is 24.3 Å². The Bertz CT molecular complexity index is 430. The van der Waals surface area contributed by atoms with Gasteiger partial charge in [0.2, 0.25) is 0 Å². The number of rotatable bonds is 1. The summed E-state index contributed by atoms with van der Waals surface area (Å²) in [6, 6.07) is 6.41. The second-order valence-corrected chi connectivity index (χ2v) is 4.70. The van der Waals surface area contributed by atoms with Crippen LogP contribution in [0.2, 0.25) is 0 Å². The molecule has 1 aromatic rings. The van der Waals surface area contributed by atoms with Crippen molar-refractivity contribution in [1.29, 1.82) is 0 Å². The summed E-state index contributed by atoms with van der Waals surface area (Å²) in [5.74, 6) is 0. The fraction of sp³-hybridized carbons (Fsp3) is 0.500. The van der Waals surface area contributed by atoms with Crippen molar-refractivity contribution in [3.05, 3.63) is 29.8 Å². The number of nitrogens with zero attached hydrogens (tertiary/aromatic N) is 1. The molecule has 2 heterocycles. The van der Waals surface area contributed by atoms with Crippen molar-refractivity contribution in [1.82, 2.24) is 5.32 Å². The van der Waals surface area contributed by atoms with E-state index in [0.29, 0.717) is 17.8 Å². The molecular weight excluding hydrogens is 229 g/mol. The van der Waals surface area contributed by atoms with Gasteiger partial charge in [0.25, 0.3) is 0 Å². The molecular formula is C12H13F3N2. The Labute approximate surface area is 97.4 Å². The number of hydrogen-bond donors (Lipinski definition) is 1. The molecule has 2 aliphatic heterocycles. The number of benzene rings is 1.